The van der Waals surface area contributed by atoms with E-state index in [2.05, 4.69) is 126 Å². The van der Waals surface area contributed by atoms with Crippen molar-refractivity contribution < 1.29 is 9.84 Å². The molecular formula is C44H49N5O3. The SMILES string of the molecule is CC/C(=C(/C1=CC=C(OCCN(C)Cc2ccc(-c3cn(CCCCn4ccc(=O)c(O)c4C)nn3)cc2)CC1)c1ccccc1)c1ccccc1. The Labute approximate surface area is 307 Å². The monoisotopic (exact) mass is 695 g/mol. The highest BCUT2D eigenvalue weighted by molar-refractivity contribution is 5.98. The number of likely N-dealkylation sites (N-methyl/N-ethyl adjacent to an activating group) is 1. The first-order chi connectivity index (χ1) is 25.4. The highest BCUT2D eigenvalue weighted by Gasteiger charge is 2.18. The van der Waals surface area contributed by atoms with E-state index in [1.54, 1.807) is 13.1 Å². The lowest BCUT2D eigenvalue weighted by Gasteiger charge is -2.23. The lowest BCUT2D eigenvalue weighted by molar-refractivity contribution is 0.162. The lowest BCUT2D eigenvalue weighted by Crippen LogP contribution is -2.22. The van der Waals surface area contributed by atoms with Crippen molar-refractivity contribution >= 4 is 11.1 Å². The van der Waals surface area contributed by atoms with Gasteiger partial charge in [-0.05, 0) is 79.1 Å². The topological polar surface area (TPSA) is 85.4 Å². The van der Waals surface area contributed by atoms with Crippen molar-refractivity contribution in [1.29, 1.82) is 0 Å². The molecule has 3 aromatic carbocycles. The molecule has 8 nitrogen and oxygen atoms in total. The first kappa shape index (κ1) is 36.3. The molecule has 0 saturated carbocycles. The second-order valence-electron chi connectivity index (χ2n) is 13.4. The molecule has 0 saturated heterocycles. The number of unbranched alkanes of at least 4 members (excludes halogenated alkanes) is 1. The molecule has 1 aliphatic rings. The summed E-state index contributed by atoms with van der Waals surface area (Å²) >= 11 is 0. The number of ether oxygens (including phenoxy) is 1. The molecule has 0 atom stereocenters. The zero-order chi connectivity index (χ0) is 36.3. The highest BCUT2D eigenvalue weighted by atomic mass is 16.5. The average Bonchev–Trinajstić information content (AvgIpc) is 3.66. The van der Waals surface area contributed by atoms with E-state index in [0.717, 1.165) is 75.3 Å². The van der Waals surface area contributed by atoms with E-state index < -0.39 is 0 Å². The molecule has 0 unspecified atom stereocenters. The molecule has 0 amide bonds. The van der Waals surface area contributed by atoms with E-state index in [-0.39, 0.29) is 11.2 Å². The molecule has 0 aliphatic heterocycles. The van der Waals surface area contributed by atoms with Gasteiger partial charge in [0, 0.05) is 50.4 Å². The van der Waals surface area contributed by atoms with E-state index in [0.29, 0.717) is 12.3 Å². The molecule has 8 heteroatoms. The maximum atomic E-state index is 11.6. The molecule has 5 aromatic rings. The summed E-state index contributed by atoms with van der Waals surface area (Å²) < 4.78 is 10.0. The Bertz CT molecular complexity index is 2080. The third-order valence-corrected chi connectivity index (χ3v) is 9.72. The van der Waals surface area contributed by atoms with Crippen LogP contribution in [-0.4, -0.2) is 49.8 Å². The van der Waals surface area contributed by atoms with E-state index in [1.807, 2.05) is 15.4 Å². The Hall–Kier alpha value is -5.47. The second kappa shape index (κ2) is 17.6. The van der Waals surface area contributed by atoms with Crippen LogP contribution in [0.3, 0.4) is 0 Å². The fourth-order valence-corrected chi connectivity index (χ4v) is 6.77. The van der Waals surface area contributed by atoms with E-state index >= 15 is 0 Å². The van der Waals surface area contributed by atoms with Crippen LogP contribution >= 0.6 is 0 Å². The van der Waals surface area contributed by atoms with Crippen LogP contribution in [0.25, 0.3) is 22.4 Å². The van der Waals surface area contributed by atoms with Crippen molar-refractivity contribution in [2.24, 2.45) is 0 Å². The Morgan fingerprint density at radius 2 is 1.60 bits per heavy atom. The maximum Gasteiger partial charge on any atom is 0.223 e. The van der Waals surface area contributed by atoms with Gasteiger partial charge in [-0.25, -0.2) is 0 Å². The molecule has 0 radical (unpaired) electrons. The summed E-state index contributed by atoms with van der Waals surface area (Å²) in [6.07, 6.45) is 12.7. The number of hydrogen-bond donors (Lipinski definition) is 1. The van der Waals surface area contributed by atoms with Gasteiger partial charge in [-0.1, -0.05) is 103 Å². The quantitative estimate of drug-likeness (QED) is 0.0822. The van der Waals surface area contributed by atoms with Gasteiger partial charge in [-0.3, -0.25) is 14.4 Å². The fraction of sp³-hybridized carbons (Fsp3) is 0.295. The van der Waals surface area contributed by atoms with Crippen LogP contribution in [0.4, 0.5) is 0 Å². The number of pyridine rings is 1. The summed E-state index contributed by atoms with van der Waals surface area (Å²) in [4.78, 5) is 13.9. The van der Waals surface area contributed by atoms with Gasteiger partial charge in [0.25, 0.3) is 0 Å². The minimum atomic E-state index is -0.342. The molecule has 2 heterocycles. The van der Waals surface area contributed by atoms with Crippen molar-refractivity contribution in [3.8, 4) is 17.0 Å². The smallest absolute Gasteiger partial charge is 0.223 e. The molecule has 2 aromatic heterocycles. The Balaban J connectivity index is 0.973. The Morgan fingerprint density at radius 3 is 2.29 bits per heavy atom. The Morgan fingerprint density at radius 1 is 0.885 bits per heavy atom. The number of rotatable bonds is 16. The van der Waals surface area contributed by atoms with E-state index in [4.69, 9.17) is 4.74 Å². The zero-order valence-corrected chi connectivity index (χ0v) is 30.5. The average molecular weight is 696 g/mol. The summed E-state index contributed by atoms with van der Waals surface area (Å²) in [6.45, 7) is 7.78. The summed E-state index contributed by atoms with van der Waals surface area (Å²) in [5, 5.41) is 18.6. The number of allylic oxidation sites excluding steroid dienone is 6. The van der Waals surface area contributed by atoms with Crippen LogP contribution < -0.4 is 5.43 Å². The number of aromatic nitrogens is 4. The number of nitrogens with zero attached hydrogens (tertiary/aromatic N) is 5. The summed E-state index contributed by atoms with van der Waals surface area (Å²) in [6, 6.07) is 31.4. The largest absolute Gasteiger partial charge is 0.503 e. The molecule has 0 bridgehead atoms. The molecule has 6 rings (SSSR count). The van der Waals surface area contributed by atoms with E-state index in [1.165, 1.54) is 39.5 Å². The predicted molar refractivity (Wildman–Crippen MR) is 209 cm³/mol. The van der Waals surface area contributed by atoms with Crippen LogP contribution in [0.15, 0.2) is 132 Å². The Kier molecular flexibility index (Phi) is 12.3. The van der Waals surface area contributed by atoms with Crippen LogP contribution in [0.1, 0.15) is 61.4 Å². The standard InChI is InChI=1S/C44H49N5O3/c1-4-40(35-13-7-5-8-14-35)43(37-15-9-6-10-16-37)38-21-23-39(24-22-38)52-30-29-47(3)31-34-17-19-36(20-18-34)41-32-49(46-45-41)27-12-11-26-48-28-25-42(50)44(51)33(48)2/h5-10,13-21,23,25,28,32,51H,4,11-12,22,24,26-27,29-31H2,1-3H3/b43-40-. The summed E-state index contributed by atoms with van der Waals surface area (Å²) in [5.74, 6) is 0.871. The summed E-state index contributed by atoms with van der Waals surface area (Å²) in [5.41, 5.74) is 10.0. The van der Waals surface area contributed by atoms with Crippen LogP contribution in [0.5, 0.6) is 5.75 Å². The van der Waals surface area contributed by atoms with Gasteiger partial charge in [0.2, 0.25) is 5.43 Å². The molecule has 1 aliphatic carbocycles. The summed E-state index contributed by atoms with van der Waals surface area (Å²) in [7, 11) is 2.13. The van der Waals surface area contributed by atoms with Crippen molar-refractivity contribution in [2.45, 2.75) is 65.6 Å². The zero-order valence-electron chi connectivity index (χ0n) is 30.5. The van der Waals surface area contributed by atoms with Crippen molar-refractivity contribution in [3.05, 3.63) is 159 Å². The molecule has 1 N–H and O–H groups in total. The van der Waals surface area contributed by atoms with Crippen LogP contribution in [0, 0.1) is 6.92 Å². The predicted octanol–water partition coefficient (Wildman–Crippen LogP) is 8.67. The number of benzene rings is 3. The highest BCUT2D eigenvalue weighted by Crippen LogP contribution is 2.38. The minimum Gasteiger partial charge on any atom is -0.503 e. The third-order valence-electron chi connectivity index (χ3n) is 9.72. The van der Waals surface area contributed by atoms with Gasteiger partial charge < -0.3 is 14.4 Å². The van der Waals surface area contributed by atoms with Gasteiger partial charge in [0.1, 0.15) is 12.3 Å². The second-order valence-corrected chi connectivity index (χ2v) is 13.4. The molecule has 268 valence electrons. The van der Waals surface area contributed by atoms with Crippen LogP contribution in [0.2, 0.25) is 0 Å². The normalized spacial score (nSPS) is 13.5. The number of aromatic hydroxyl groups is 1. The molecule has 52 heavy (non-hydrogen) atoms. The van der Waals surface area contributed by atoms with Gasteiger partial charge in [0.15, 0.2) is 5.75 Å². The van der Waals surface area contributed by atoms with Crippen molar-refractivity contribution in [2.75, 3.05) is 20.2 Å². The third kappa shape index (κ3) is 9.25. The lowest BCUT2D eigenvalue weighted by atomic mass is 9.84. The number of hydrogen-bond acceptors (Lipinski definition) is 6. The fourth-order valence-electron chi connectivity index (χ4n) is 6.77. The van der Waals surface area contributed by atoms with Gasteiger partial charge in [-0.2, -0.15) is 0 Å². The van der Waals surface area contributed by atoms with Gasteiger partial charge >= 0.3 is 0 Å². The minimum absolute atomic E-state index is 0.175. The van der Waals surface area contributed by atoms with E-state index in [9.17, 15) is 9.90 Å². The molecule has 0 spiro atoms. The first-order valence-corrected chi connectivity index (χ1v) is 18.3. The maximum absolute atomic E-state index is 11.6. The molecule has 0 fully saturated rings. The van der Waals surface area contributed by atoms with Crippen LogP contribution in [-0.2, 0) is 24.4 Å². The van der Waals surface area contributed by atoms with Crippen molar-refractivity contribution in [1.82, 2.24) is 24.5 Å². The first-order valence-electron chi connectivity index (χ1n) is 18.3. The van der Waals surface area contributed by atoms with Crippen molar-refractivity contribution in [3.63, 3.8) is 0 Å². The van der Waals surface area contributed by atoms with Gasteiger partial charge in [-0.15, -0.1) is 5.10 Å². The number of aryl methyl sites for hydroxylation is 2. The molecular weight excluding hydrogens is 647 g/mol. The van der Waals surface area contributed by atoms with Gasteiger partial charge in [0.05, 0.1) is 17.6 Å².